The number of halogens is 1. The van der Waals surface area contributed by atoms with Crippen molar-refractivity contribution in [1.82, 2.24) is 10.2 Å². The van der Waals surface area contributed by atoms with Gasteiger partial charge in [-0.05, 0) is 18.2 Å². The maximum atomic E-state index is 13.0. The lowest BCUT2D eigenvalue weighted by Crippen LogP contribution is -2.42. The van der Waals surface area contributed by atoms with Gasteiger partial charge in [-0.15, -0.1) is 0 Å². The summed E-state index contributed by atoms with van der Waals surface area (Å²) in [5.74, 6) is -0.509. The molecule has 0 unspecified atom stereocenters. The van der Waals surface area contributed by atoms with Gasteiger partial charge in [-0.3, -0.25) is 4.90 Å². The summed E-state index contributed by atoms with van der Waals surface area (Å²) in [6.45, 7) is 4.39. The standard InChI is InChI=1S/C14H17FN4O2/c15-12-1-2-13(11(9-12)10-16)18-14(20)17-3-4-19-5-7-21-8-6-19/h1-2,9H,3-8H2,(H2,17,18,20). The third kappa shape index (κ3) is 4.70. The van der Waals surface area contributed by atoms with Crippen LogP contribution in [0.15, 0.2) is 18.2 Å². The molecule has 1 aliphatic rings. The van der Waals surface area contributed by atoms with Gasteiger partial charge >= 0.3 is 6.03 Å². The number of benzene rings is 1. The highest BCUT2D eigenvalue weighted by Gasteiger charge is 2.11. The fourth-order valence-electron chi connectivity index (χ4n) is 2.04. The minimum Gasteiger partial charge on any atom is -0.379 e. The van der Waals surface area contributed by atoms with E-state index in [1.165, 1.54) is 12.1 Å². The third-order valence-electron chi connectivity index (χ3n) is 3.17. The van der Waals surface area contributed by atoms with Crippen LogP contribution in [0.2, 0.25) is 0 Å². The summed E-state index contributed by atoms with van der Waals surface area (Å²) in [6, 6.07) is 5.09. The van der Waals surface area contributed by atoms with Crippen molar-refractivity contribution in [3.8, 4) is 6.07 Å². The molecule has 2 N–H and O–H groups in total. The van der Waals surface area contributed by atoms with Gasteiger partial charge in [-0.1, -0.05) is 0 Å². The topological polar surface area (TPSA) is 77.4 Å². The van der Waals surface area contributed by atoms with E-state index in [1.807, 2.05) is 6.07 Å². The van der Waals surface area contributed by atoms with Gasteiger partial charge in [0, 0.05) is 26.2 Å². The van der Waals surface area contributed by atoms with E-state index in [-0.39, 0.29) is 5.56 Å². The number of amides is 2. The molecule has 2 amide bonds. The number of urea groups is 1. The molecule has 0 aliphatic carbocycles. The molecule has 0 atom stereocenters. The first-order valence-corrected chi connectivity index (χ1v) is 6.73. The number of nitriles is 1. The van der Waals surface area contributed by atoms with E-state index in [4.69, 9.17) is 10.00 Å². The number of ether oxygens (including phenoxy) is 1. The Morgan fingerprint density at radius 1 is 1.43 bits per heavy atom. The molecule has 21 heavy (non-hydrogen) atoms. The van der Waals surface area contributed by atoms with E-state index in [9.17, 15) is 9.18 Å². The van der Waals surface area contributed by atoms with Crippen molar-refractivity contribution >= 4 is 11.7 Å². The monoisotopic (exact) mass is 292 g/mol. The van der Waals surface area contributed by atoms with E-state index >= 15 is 0 Å². The molecule has 112 valence electrons. The number of anilines is 1. The Labute approximate surface area is 122 Å². The van der Waals surface area contributed by atoms with Crippen LogP contribution in [0, 0.1) is 17.1 Å². The molecule has 1 aromatic rings. The Kier molecular flexibility index (Phi) is 5.49. The Morgan fingerprint density at radius 2 is 2.19 bits per heavy atom. The first-order valence-electron chi connectivity index (χ1n) is 6.73. The van der Waals surface area contributed by atoms with Crippen LogP contribution < -0.4 is 10.6 Å². The van der Waals surface area contributed by atoms with E-state index in [0.717, 1.165) is 25.7 Å². The fourth-order valence-corrected chi connectivity index (χ4v) is 2.04. The van der Waals surface area contributed by atoms with E-state index < -0.39 is 11.8 Å². The lowest BCUT2D eigenvalue weighted by Gasteiger charge is -2.26. The second-order valence-electron chi connectivity index (χ2n) is 4.64. The maximum absolute atomic E-state index is 13.0. The summed E-state index contributed by atoms with van der Waals surface area (Å²) >= 11 is 0. The van der Waals surface area contributed by atoms with Crippen molar-refractivity contribution in [3.05, 3.63) is 29.6 Å². The Bertz CT molecular complexity index is 538. The van der Waals surface area contributed by atoms with Crippen molar-refractivity contribution in [2.75, 3.05) is 44.7 Å². The number of hydrogen-bond donors (Lipinski definition) is 2. The van der Waals surface area contributed by atoms with Gasteiger partial charge in [0.25, 0.3) is 0 Å². The van der Waals surface area contributed by atoms with Gasteiger partial charge in [-0.2, -0.15) is 5.26 Å². The van der Waals surface area contributed by atoms with Gasteiger partial charge in [-0.25, -0.2) is 9.18 Å². The first kappa shape index (κ1) is 15.2. The highest BCUT2D eigenvalue weighted by atomic mass is 19.1. The zero-order chi connectivity index (χ0) is 15.1. The van der Waals surface area contributed by atoms with E-state index in [1.54, 1.807) is 0 Å². The molecular weight excluding hydrogens is 275 g/mol. The van der Waals surface area contributed by atoms with Gasteiger partial charge in [0.1, 0.15) is 11.9 Å². The van der Waals surface area contributed by atoms with Gasteiger partial charge < -0.3 is 15.4 Å². The predicted molar refractivity (Wildman–Crippen MR) is 75.4 cm³/mol. The smallest absolute Gasteiger partial charge is 0.319 e. The van der Waals surface area contributed by atoms with Gasteiger partial charge in [0.05, 0.1) is 24.5 Å². The zero-order valence-electron chi connectivity index (χ0n) is 11.6. The van der Waals surface area contributed by atoms with Crippen molar-refractivity contribution in [2.45, 2.75) is 0 Å². The number of carbonyl (C=O) groups excluding carboxylic acids is 1. The van der Waals surface area contributed by atoms with Crippen LogP contribution in [-0.4, -0.2) is 50.3 Å². The largest absolute Gasteiger partial charge is 0.379 e. The number of hydrogen-bond acceptors (Lipinski definition) is 4. The Morgan fingerprint density at radius 3 is 2.90 bits per heavy atom. The first-order chi connectivity index (χ1) is 10.2. The Hall–Kier alpha value is -2.17. The summed E-state index contributed by atoms with van der Waals surface area (Å²) in [5.41, 5.74) is 0.390. The summed E-state index contributed by atoms with van der Waals surface area (Å²) in [5, 5.41) is 14.1. The SMILES string of the molecule is N#Cc1cc(F)ccc1NC(=O)NCCN1CCOCC1. The molecular formula is C14H17FN4O2. The Balaban J connectivity index is 1.78. The second kappa shape index (κ2) is 7.57. The minimum atomic E-state index is -0.509. The third-order valence-corrected chi connectivity index (χ3v) is 3.17. The van der Waals surface area contributed by atoms with E-state index in [0.29, 0.717) is 25.4 Å². The highest BCUT2D eigenvalue weighted by molar-refractivity contribution is 5.90. The van der Waals surface area contributed by atoms with Crippen LogP contribution >= 0.6 is 0 Å². The molecule has 7 heteroatoms. The molecule has 0 spiro atoms. The molecule has 2 rings (SSSR count). The normalized spacial score (nSPS) is 15.2. The van der Waals surface area contributed by atoms with Crippen molar-refractivity contribution in [3.63, 3.8) is 0 Å². The number of nitrogens with zero attached hydrogens (tertiary/aromatic N) is 2. The molecule has 1 fully saturated rings. The molecule has 0 aromatic heterocycles. The molecule has 0 radical (unpaired) electrons. The average molecular weight is 292 g/mol. The van der Waals surface area contributed by atoms with Crippen LogP contribution in [0.1, 0.15) is 5.56 Å². The van der Waals surface area contributed by atoms with Crippen molar-refractivity contribution in [1.29, 1.82) is 5.26 Å². The second-order valence-corrected chi connectivity index (χ2v) is 4.64. The summed E-state index contributed by atoms with van der Waals surface area (Å²) < 4.78 is 18.2. The summed E-state index contributed by atoms with van der Waals surface area (Å²) in [6.07, 6.45) is 0. The molecule has 1 saturated heterocycles. The molecule has 1 heterocycles. The van der Waals surface area contributed by atoms with E-state index in [2.05, 4.69) is 15.5 Å². The lowest BCUT2D eigenvalue weighted by atomic mass is 10.2. The molecule has 1 aromatic carbocycles. The van der Waals surface area contributed by atoms with Crippen molar-refractivity contribution in [2.24, 2.45) is 0 Å². The van der Waals surface area contributed by atoms with Crippen LogP contribution in [0.3, 0.4) is 0 Å². The summed E-state index contributed by atoms with van der Waals surface area (Å²) in [7, 11) is 0. The average Bonchev–Trinajstić information content (AvgIpc) is 2.50. The summed E-state index contributed by atoms with van der Waals surface area (Å²) in [4.78, 5) is 13.9. The lowest BCUT2D eigenvalue weighted by molar-refractivity contribution is 0.0388. The molecule has 0 bridgehead atoms. The van der Waals surface area contributed by atoms with Crippen LogP contribution in [-0.2, 0) is 4.74 Å². The van der Waals surface area contributed by atoms with Gasteiger partial charge in [0.2, 0.25) is 0 Å². The van der Waals surface area contributed by atoms with Gasteiger partial charge in [0.15, 0.2) is 0 Å². The molecule has 1 aliphatic heterocycles. The number of carbonyl (C=O) groups is 1. The quantitative estimate of drug-likeness (QED) is 0.872. The predicted octanol–water partition coefficient (Wildman–Crippen LogP) is 1.15. The van der Waals surface area contributed by atoms with Crippen molar-refractivity contribution < 1.29 is 13.9 Å². The fraction of sp³-hybridized carbons (Fsp3) is 0.429. The number of nitrogens with one attached hydrogen (secondary N) is 2. The maximum Gasteiger partial charge on any atom is 0.319 e. The highest BCUT2D eigenvalue weighted by Crippen LogP contribution is 2.15. The van der Waals surface area contributed by atoms with Crippen LogP contribution in [0.25, 0.3) is 0 Å². The number of rotatable bonds is 4. The van der Waals surface area contributed by atoms with Crippen LogP contribution in [0.4, 0.5) is 14.9 Å². The zero-order valence-corrected chi connectivity index (χ0v) is 11.6. The number of morpholine rings is 1. The van der Waals surface area contributed by atoms with Crippen LogP contribution in [0.5, 0.6) is 0 Å². The minimum absolute atomic E-state index is 0.0957. The molecule has 0 saturated carbocycles. The molecule has 6 nitrogen and oxygen atoms in total.